The number of rotatable bonds is 0. The molecule has 0 unspecified atom stereocenters. The molecule has 0 aliphatic carbocycles. The van der Waals surface area contributed by atoms with Gasteiger partial charge in [0.2, 0.25) is 0 Å². The van der Waals surface area contributed by atoms with Gasteiger partial charge in [-0.2, -0.15) is 0 Å². The van der Waals surface area contributed by atoms with Crippen LogP contribution in [0.5, 0.6) is 0 Å². The van der Waals surface area contributed by atoms with E-state index < -0.39 is 0 Å². The SMILES string of the molecule is Nc1[c]cnc2nncn12. The molecule has 2 N–H and O–H groups in total. The van der Waals surface area contributed by atoms with E-state index in [4.69, 9.17) is 5.73 Å². The van der Waals surface area contributed by atoms with Gasteiger partial charge >= 0.3 is 0 Å². The molecule has 0 spiro atoms. The molecule has 5 heteroatoms. The third-order valence-corrected chi connectivity index (χ3v) is 1.18. The molecule has 0 aliphatic rings. The van der Waals surface area contributed by atoms with Gasteiger partial charge in [-0.15, -0.1) is 10.2 Å². The Bertz CT molecular complexity index is 352. The molecule has 0 atom stereocenters. The lowest BCUT2D eigenvalue weighted by molar-refractivity contribution is 1.10. The Hall–Kier alpha value is -1.65. The van der Waals surface area contributed by atoms with Crippen molar-refractivity contribution in [3.63, 3.8) is 0 Å². The number of nitrogens with two attached hydrogens (primary N) is 1. The van der Waals surface area contributed by atoms with Crippen molar-refractivity contribution < 1.29 is 0 Å². The molecule has 0 aromatic carbocycles. The van der Waals surface area contributed by atoms with Gasteiger partial charge in [0.15, 0.2) is 0 Å². The van der Waals surface area contributed by atoms with Crippen LogP contribution in [-0.4, -0.2) is 19.6 Å². The summed E-state index contributed by atoms with van der Waals surface area (Å²) in [5.74, 6) is 0.964. The Morgan fingerprint density at radius 2 is 2.50 bits per heavy atom. The zero-order valence-electron chi connectivity index (χ0n) is 5.02. The van der Waals surface area contributed by atoms with Crippen molar-refractivity contribution in [2.75, 3.05) is 5.73 Å². The van der Waals surface area contributed by atoms with Crippen molar-refractivity contribution in [3.8, 4) is 0 Å². The van der Waals surface area contributed by atoms with E-state index in [1.807, 2.05) is 0 Å². The van der Waals surface area contributed by atoms with E-state index in [9.17, 15) is 0 Å². The van der Waals surface area contributed by atoms with Crippen molar-refractivity contribution in [1.82, 2.24) is 19.6 Å². The molecule has 0 fully saturated rings. The third-order valence-electron chi connectivity index (χ3n) is 1.18. The van der Waals surface area contributed by atoms with Crippen molar-refractivity contribution >= 4 is 11.6 Å². The largest absolute Gasteiger partial charge is 0.384 e. The van der Waals surface area contributed by atoms with E-state index in [2.05, 4.69) is 21.2 Å². The molecule has 2 aromatic rings. The van der Waals surface area contributed by atoms with Gasteiger partial charge < -0.3 is 5.73 Å². The number of nitrogen functional groups attached to an aromatic ring is 1. The highest BCUT2D eigenvalue weighted by Gasteiger charge is 1.96. The van der Waals surface area contributed by atoms with Crippen LogP contribution in [0.1, 0.15) is 0 Å². The van der Waals surface area contributed by atoms with E-state index in [1.54, 1.807) is 4.40 Å². The second kappa shape index (κ2) is 1.66. The van der Waals surface area contributed by atoms with Crippen LogP contribution in [0, 0.1) is 6.07 Å². The van der Waals surface area contributed by atoms with Gasteiger partial charge in [-0.1, -0.05) is 0 Å². The van der Waals surface area contributed by atoms with Gasteiger partial charge in [0.1, 0.15) is 12.1 Å². The van der Waals surface area contributed by atoms with E-state index >= 15 is 0 Å². The highest BCUT2D eigenvalue weighted by atomic mass is 15.3. The second-order valence-corrected chi connectivity index (χ2v) is 1.79. The third kappa shape index (κ3) is 0.540. The van der Waals surface area contributed by atoms with Gasteiger partial charge in [-0.25, -0.2) is 4.98 Å². The fraction of sp³-hybridized carbons (Fsp3) is 0. The minimum atomic E-state index is 0.468. The normalized spacial score (nSPS) is 10.4. The monoisotopic (exact) mass is 134 g/mol. The maximum Gasteiger partial charge on any atom is 0.256 e. The summed E-state index contributed by atoms with van der Waals surface area (Å²) in [4.78, 5) is 3.86. The Morgan fingerprint density at radius 1 is 1.60 bits per heavy atom. The lowest BCUT2D eigenvalue weighted by Crippen LogP contribution is -1.96. The maximum absolute atomic E-state index is 5.49. The second-order valence-electron chi connectivity index (χ2n) is 1.79. The molecule has 5 nitrogen and oxygen atoms in total. The zero-order chi connectivity index (χ0) is 6.97. The molecule has 10 heavy (non-hydrogen) atoms. The standard InChI is InChI=1S/C5H4N5/c6-4-1-2-7-5-9-8-3-10(4)5/h2-3H,6H2. The van der Waals surface area contributed by atoms with Crippen molar-refractivity contribution in [3.05, 3.63) is 18.6 Å². The Morgan fingerprint density at radius 3 is 3.30 bits per heavy atom. The zero-order valence-corrected chi connectivity index (χ0v) is 5.02. The fourth-order valence-corrected chi connectivity index (χ4v) is 0.713. The number of fused-ring (bicyclic) bond motifs is 1. The molecular formula is C5H4N5. The van der Waals surface area contributed by atoms with Crippen LogP contribution in [0.2, 0.25) is 0 Å². The topological polar surface area (TPSA) is 69.1 Å². The smallest absolute Gasteiger partial charge is 0.256 e. The molecule has 0 saturated carbocycles. The van der Waals surface area contributed by atoms with Crippen LogP contribution in [0.25, 0.3) is 5.78 Å². The molecule has 2 rings (SSSR count). The summed E-state index contributed by atoms with van der Waals surface area (Å²) in [7, 11) is 0. The summed E-state index contributed by atoms with van der Waals surface area (Å²) in [5.41, 5.74) is 5.49. The first-order valence-electron chi connectivity index (χ1n) is 2.70. The molecule has 0 aliphatic heterocycles. The first kappa shape index (κ1) is 5.16. The van der Waals surface area contributed by atoms with Crippen LogP contribution < -0.4 is 5.73 Å². The molecule has 1 radical (unpaired) electrons. The predicted octanol–water partition coefficient (Wildman–Crippen LogP) is -0.493. The van der Waals surface area contributed by atoms with Gasteiger partial charge in [0.25, 0.3) is 5.78 Å². The van der Waals surface area contributed by atoms with E-state index in [-0.39, 0.29) is 0 Å². The van der Waals surface area contributed by atoms with Crippen molar-refractivity contribution in [1.29, 1.82) is 0 Å². The average molecular weight is 134 g/mol. The number of hydrogen-bond acceptors (Lipinski definition) is 4. The fourth-order valence-electron chi connectivity index (χ4n) is 0.713. The average Bonchev–Trinajstić information content (AvgIpc) is 2.36. The predicted molar refractivity (Wildman–Crippen MR) is 34.0 cm³/mol. The maximum atomic E-state index is 5.49. The van der Waals surface area contributed by atoms with E-state index in [0.717, 1.165) is 0 Å². The van der Waals surface area contributed by atoms with Crippen LogP contribution in [-0.2, 0) is 0 Å². The van der Waals surface area contributed by atoms with Crippen LogP contribution in [0.4, 0.5) is 5.82 Å². The van der Waals surface area contributed by atoms with Gasteiger partial charge in [-0.3, -0.25) is 4.40 Å². The number of hydrogen-bond donors (Lipinski definition) is 1. The van der Waals surface area contributed by atoms with Crippen molar-refractivity contribution in [2.24, 2.45) is 0 Å². The Labute approximate surface area is 56.5 Å². The number of nitrogens with zero attached hydrogens (tertiary/aromatic N) is 4. The summed E-state index contributed by atoms with van der Waals surface area (Å²) in [6, 6.07) is 2.71. The highest BCUT2D eigenvalue weighted by Crippen LogP contribution is 1.99. The van der Waals surface area contributed by atoms with Gasteiger partial charge in [0, 0.05) is 12.3 Å². The number of aromatic nitrogens is 4. The summed E-state index contributed by atoms with van der Waals surface area (Å²) < 4.78 is 1.56. The van der Waals surface area contributed by atoms with Crippen LogP contribution in [0.15, 0.2) is 12.5 Å². The first-order chi connectivity index (χ1) is 4.88. The highest BCUT2D eigenvalue weighted by molar-refractivity contribution is 5.37. The van der Waals surface area contributed by atoms with E-state index in [0.29, 0.717) is 11.6 Å². The Balaban J connectivity index is 2.95. The van der Waals surface area contributed by atoms with E-state index in [1.165, 1.54) is 12.5 Å². The molecule has 0 amide bonds. The molecule has 2 aromatic heterocycles. The lowest BCUT2D eigenvalue weighted by Gasteiger charge is -1.92. The Kier molecular flexibility index (Phi) is 0.858. The minimum Gasteiger partial charge on any atom is -0.384 e. The lowest BCUT2D eigenvalue weighted by atomic mass is 10.6. The van der Waals surface area contributed by atoms with Crippen LogP contribution in [0.3, 0.4) is 0 Å². The minimum absolute atomic E-state index is 0.468. The summed E-state index contributed by atoms with van der Waals surface area (Å²) in [6.07, 6.45) is 2.97. The summed E-state index contributed by atoms with van der Waals surface area (Å²) >= 11 is 0. The summed E-state index contributed by atoms with van der Waals surface area (Å²) in [5, 5.41) is 7.29. The number of anilines is 1. The van der Waals surface area contributed by atoms with Crippen LogP contribution >= 0.6 is 0 Å². The summed E-state index contributed by atoms with van der Waals surface area (Å²) in [6.45, 7) is 0. The molecule has 49 valence electrons. The van der Waals surface area contributed by atoms with Gasteiger partial charge in [-0.05, 0) is 0 Å². The molecular weight excluding hydrogens is 130 g/mol. The van der Waals surface area contributed by atoms with Crippen molar-refractivity contribution in [2.45, 2.75) is 0 Å². The molecule has 0 saturated heterocycles. The van der Waals surface area contributed by atoms with Gasteiger partial charge in [0.05, 0.1) is 0 Å². The molecule has 2 heterocycles. The molecule has 0 bridgehead atoms. The quantitative estimate of drug-likeness (QED) is 0.527. The first-order valence-corrected chi connectivity index (χ1v) is 2.70.